The zero-order chi connectivity index (χ0) is 22.3. The number of carbonyl (C=O) groups is 2. The van der Waals surface area contributed by atoms with Gasteiger partial charge in [-0.15, -0.1) is 5.10 Å². The predicted octanol–water partition coefficient (Wildman–Crippen LogP) is 4.46. The first-order chi connectivity index (χ1) is 14.8. The van der Waals surface area contributed by atoms with Crippen molar-refractivity contribution >= 4 is 40.2 Å². The minimum Gasteiger partial charge on any atom is -0.469 e. The van der Waals surface area contributed by atoms with Crippen LogP contribution < -0.4 is 4.90 Å². The second-order valence-corrected chi connectivity index (χ2v) is 8.36. The average molecular weight is 444 g/mol. The van der Waals surface area contributed by atoms with Gasteiger partial charge in [-0.2, -0.15) is 4.68 Å². The minimum absolute atomic E-state index is 0.00492. The number of halogens is 2. The Morgan fingerprint density at radius 2 is 1.97 bits per heavy atom. The Hall–Kier alpha value is -2.93. The number of aromatic nitrogens is 2. The van der Waals surface area contributed by atoms with Crippen molar-refractivity contribution in [2.24, 2.45) is 11.8 Å². The van der Waals surface area contributed by atoms with Gasteiger partial charge in [-0.05, 0) is 43.0 Å². The van der Waals surface area contributed by atoms with E-state index in [9.17, 15) is 14.0 Å². The summed E-state index contributed by atoms with van der Waals surface area (Å²) in [6, 6.07) is 9.79. The Kier molecular flexibility index (Phi) is 5.71. The maximum Gasteiger partial charge on any atom is 0.309 e. The van der Waals surface area contributed by atoms with Crippen molar-refractivity contribution in [2.75, 3.05) is 25.1 Å². The molecule has 2 atom stereocenters. The van der Waals surface area contributed by atoms with Crippen LogP contribution in [0.2, 0.25) is 5.02 Å². The molecule has 0 bridgehead atoms. The standard InChI is InChI=1S/C23H23ClFN3O3/c1-13-6-4-7-16(24)19(13)22(29)28-18-9-5-8-17(25)20(18)21(26-28)27-11-10-15(14(2)12-27)23(30)31-3/h4-9,14-15H,10-12H2,1-3H3/t14-,15+/m0/s1. The lowest BCUT2D eigenvalue weighted by molar-refractivity contribution is -0.147. The molecule has 31 heavy (non-hydrogen) atoms. The lowest BCUT2D eigenvalue weighted by Crippen LogP contribution is -2.42. The predicted molar refractivity (Wildman–Crippen MR) is 117 cm³/mol. The van der Waals surface area contributed by atoms with Gasteiger partial charge in [0.2, 0.25) is 0 Å². The molecule has 1 fully saturated rings. The Labute approximate surface area is 184 Å². The monoisotopic (exact) mass is 443 g/mol. The van der Waals surface area contributed by atoms with E-state index < -0.39 is 11.7 Å². The van der Waals surface area contributed by atoms with E-state index in [1.165, 1.54) is 17.9 Å². The molecule has 0 aliphatic carbocycles. The number of anilines is 1. The summed E-state index contributed by atoms with van der Waals surface area (Å²) in [7, 11) is 1.38. The first-order valence-electron chi connectivity index (χ1n) is 10.1. The summed E-state index contributed by atoms with van der Waals surface area (Å²) in [5, 5.41) is 5.14. The highest BCUT2D eigenvalue weighted by Crippen LogP contribution is 2.34. The van der Waals surface area contributed by atoms with Crippen LogP contribution >= 0.6 is 11.6 Å². The quantitative estimate of drug-likeness (QED) is 0.559. The normalized spacial score (nSPS) is 18.9. The molecule has 1 aliphatic heterocycles. The molecule has 0 radical (unpaired) electrons. The second-order valence-electron chi connectivity index (χ2n) is 7.95. The molecule has 0 saturated carbocycles. The number of esters is 1. The van der Waals surface area contributed by atoms with Gasteiger partial charge in [-0.25, -0.2) is 4.39 Å². The molecule has 2 heterocycles. The molecule has 0 N–H and O–H groups in total. The molecule has 0 amide bonds. The van der Waals surface area contributed by atoms with E-state index in [-0.39, 0.29) is 23.2 Å². The Morgan fingerprint density at radius 1 is 1.23 bits per heavy atom. The molecule has 1 aliphatic rings. The Bertz CT molecular complexity index is 1160. The van der Waals surface area contributed by atoms with Gasteiger partial charge in [0.15, 0.2) is 5.82 Å². The molecule has 162 valence electrons. The molecule has 0 spiro atoms. The van der Waals surface area contributed by atoms with Gasteiger partial charge in [0, 0.05) is 13.1 Å². The van der Waals surface area contributed by atoms with Crippen molar-refractivity contribution in [2.45, 2.75) is 20.3 Å². The van der Waals surface area contributed by atoms with Crippen LogP contribution in [0.3, 0.4) is 0 Å². The molecular weight excluding hydrogens is 421 g/mol. The number of methoxy groups -OCH3 is 1. The van der Waals surface area contributed by atoms with E-state index in [2.05, 4.69) is 5.10 Å². The van der Waals surface area contributed by atoms with E-state index in [1.54, 1.807) is 37.3 Å². The van der Waals surface area contributed by atoms with E-state index >= 15 is 0 Å². The van der Waals surface area contributed by atoms with Crippen molar-refractivity contribution in [1.29, 1.82) is 0 Å². The van der Waals surface area contributed by atoms with E-state index in [1.807, 2.05) is 11.8 Å². The first kappa shape index (κ1) is 21.3. The molecule has 8 heteroatoms. The Morgan fingerprint density at radius 3 is 2.65 bits per heavy atom. The molecule has 3 aromatic rings. The van der Waals surface area contributed by atoms with Gasteiger partial charge >= 0.3 is 5.97 Å². The summed E-state index contributed by atoms with van der Waals surface area (Å²) in [6.07, 6.45) is 0.564. The van der Waals surface area contributed by atoms with Crippen molar-refractivity contribution < 1.29 is 18.7 Å². The van der Waals surface area contributed by atoms with Crippen LogP contribution in [0.5, 0.6) is 0 Å². The third-order valence-electron chi connectivity index (χ3n) is 5.98. The third-order valence-corrected chi connectivity index (χ3v) is 6.29. The summed E-state index contributed by atoms with van der Waals surface area (Å²) in [5.41, 5.74) is 1.43. The molecular formula is C23H23ClFN3O3. The van der Waals surface area contributed by atoms with Gasteiger partial charge in [-0.1, -0.05) is 36.7 Å². The van der Waals surface area contributed by atoms with Crippen molar-refractivity contribution in [1.82, 2.24) is 9.78 Å². The number of ether oxygens (including phenoxy) is 1. The highest BCUT2D eigenvalue weighted by molar-refractivity contribution is 6.34. The summed E-state index contributed by atoms with van der Waals surface area (Å²) in [5.74, 6) is -0.937. The van der Waals surface area contributed by atoms with Crippen molar-refractivity contribution in [3.05, 3.63) is 58.4 Å². The first-order valence-corrected chi connectivity index (χ1v) is 10.5. The highest BCUT2D eigenvalue weighted by Gasteiger charge is 2.34. The van der Waals surface area contributed by atoms with Crippen LogP contribution in [0.15, 0.2) is 36.4 Å². The van der Waals surface area contributed by atoms with Crippen LogP contribution in [-0.2, 0) is 9.53 Å². The minimum atomic E-state index is -0.454. The van der Waals surface area contributed by atoms with E-state index in [0.717, 1.165) is 0 Å². The smallest absolute Gasteiger partial charge is 0.309 e. The summed E-state index contributed by atoms with van der Waals surface area (Å²) in [6.45, 7) is 4.76. The van der Waals surface area contributed by atoms with Gasteiger partial charge in [0.05, 0.1) is 34.5 Å². The van der Waals surface area contributed by atoms with Gasteiger partial charge in [0.25, 0.3) is 5.91 Å². The second kappa shape index (κ2) is 8.30. The molecule has 1 aromatic heterocycles. The van der Waals surface area contributed by atoms with E-state index in [4.69, 9.17) is 16.3 Å². The van der Waals surface area contributed by atoms with Crippen molar-refractivity contribution in [3.8, 4) is 0 Å². The topological polar surface area (TPSA) is 64.4 Å². The van der Waals surface area contributed by atoms with Gasteiger partial charge < -0.3 is 9.64 Å². The lowest BCUT2D eigenvalue weighted by Gasteiger charge is -2.35. The number of fused-ring (bicyclic) bond motifs is 1. The number of carbonyl (C=O) groups excluding carboxylic acids is 2. The largest absolute Gasteiger partial charge is 0.469 e. The summed E-state index contributed by atoms with van der Waals surface area (Å²) < 4.78 is 21.0. The number of rotatable bonds is 3. The molecule has 4 rings (SSSR count). The number of benzene rings is 2. The molecule has 1 saturated heterocycles. The Balaban J connectivity index is 1.79. The molecule has 2 aromatic carbocycles. The van der Waals surface area contributed by atoms with E-state index in [0.29, 0.717) is 47.0 Å². The fraction of sp³-hybridized carbons (Fsp3) is 0.348. The summed E-state index contributed by atoms with van der Waals surface area (Å²) >= 11 is 6.30. The zero-order valence-electron chi connectivity index (χ0n) is 17.6. The maximum absolute atomic E-state index is 14.9. The fourth-order valence-corrected chi connectivity index (χ4v) is 4.64. The third kappa shape index (κ3) is 3.67. The molecule has 0 unspecified atom stereocenters. The number of aryl methyl sites for hydroxylation is 1. The average Bonchev–Trinajstić information content (AvgIpc) is 3.14. The summed E-state index contributed by atoms with van der Waals surface area (Å²) in [4.78, 5) is 27.3. The van der Waals surface area contributed by atoms with Gasteiger partial charge in [-0.3, -0.25) is 9.59 Å². The number of hydrogen-bond donors (Lipinski definition) is 0. The SMILES string of the molecule is COC(=O)[C@@H]1CCN(c2nn(C(=O)c3c(C)cccc3Cl)c3cccc(F)c23)C[C@@H]1C. The van der Waals surface area contributed by atoms with Crippen LogP contribution in [0.4, 0.5) is 10.2 Å². The van der Waals surface area contributed by atoms with Crippen LogP contribution in [0.25, 0.3) is 10.9 Å². The number of piperidine rings is 1. The number of hydrogen-bond acceptors (Lipinski definition) is 5. The molecule has 6 nitrogen and oxygen atoms in total. The zero-order valence-corrected chi connectivity index (χ0v) is 18.3. The maximum atomic E-state index is 14.9. The van der Waals surface area contributed by atoms with Crippen LogP contribution in [0, 0.1) is 24.6 Å². The number of nitrogens with zero attached hydrogens (tertiary/aromatic N) is 3. The van der Waals surface area contributed by atoms with Crippen LogP contribution in [0.1, 0.15) is 29.3 Å². The highest BCUT2D eigenvalue weighted by atomic mass is 35.5. The lowest BCUT2D eigenvalue weighted by atomic mass is 9.87. The fourth-order valence-electron chi connectivity index (χ4n) is 4.33. The van der Waals surface area contributed by atoms with Crippen LogP contribution in [-0.4, -0.2) is 41.9 Å². The van der Waals surface area contributed by atoms with Gasteiger partial charge in [0.1, 0.15) is 5.82 Å². The van der Waals surface area contributed by atoms with Crippen molar-refractivity contribution in [3.63, 3.8) is 0 Å².